The van der Waals surface area contributed by atoms with Gasteiger partial charge in [0.05, 0.1) is 24.5 Å². The first kappa shape index (κ1) is 14.7. The minimum Gasteiger partial charge on any atom is -0.469 e. The van der Waals surface area contributed by atoms with E-state index in [1.54, 1.807) is 38.1 Å². The van der Waals surface area contributed by atoms with Crippen LogP contribution in [0.3, 0.4) is 0 Å². The van der Waals surface area contributed by atoms with Gasteiger partial charge in [0.1, 0.15) is 0 Å². The van der Waals surface area contributed by atoms with E-state index in [0.717, 1.165) is 0 Å². The number of hydrogen-bond donors (Lipinski definition) is 0. The molecular weight excluding hydrogens is 252 g/mol. The molecule has 18 heavy (non-hydrogen) atoms. The molecule has 100 valence electrons. The highest BCUT2D eigenvalue weighted by Gasteiger charge is 2.19. The smallest absolute Gasteiger partial charge is 0.309 e. The molecule has 0 heterocycles. The van der Waals surface area contributed by atoms with Crippen LogP contribution in [0.2, 0.25) is 0 Å². The van der Waals surface area contributed by atoms with Gasteiger partial charge in [0.15, 0.2) is 9.84 Å². The predicted molar refractivity (Wildman–Crippen MR) is 69.9 cm³/mol. The van der Waals surface area contributed by atoms with E-state index in [1.807, 2.05) is 0 Å². The summed E-state index contributed by atoms with van der Waals surface area (Å²) in [7, 11) is -1.85. The Bertz CT molecular complexity index is 518. The van der Waals surface area contributed by atoms with E-state index in [-0.39, 0.29) is 18.1 Å². The molecule has 4 nitrogen and oxygen atoms in total. The highest BCUT2D eigenvalue weighted by molar-refractivity contribution is 7.91. The molecule has 0 saturated heterocycles. The van der Waals surface area contributed by atoms with Crippen LogP contribution in [0.1, 0.15) is 25.0 Å². The van der Waals surface area contributed by atoms with Crippen molar-refractivity contribution in [2.24, 2.45) is 0 Å². The molecule has 0 aliphatic rings. The second kappa shape index (κ2) is 6.00. The summed E-state index contributed by atoms with van der Waals surface area (Å²) in [5.41, 5.74) is 1.37. The average molecular weight is 270 g/mol. The minimum atomic E-state index is -3.17. The van der Waals surface area contributed by atoms with E-state index in [2.05, 4.69) is 4.74 Å². The molecule has 0 aliphatic carbocycles. The Morgan fingerprint density at radius 3 is 2.28 bits per heavy atom. The fraction of sp³-hybridized carbons (Fsp3) is 0.462. The third-order valence-electron chi connectivity index (χ3n) is 2.76. The number of sulfone groups is 1. The van der Waals surface area contributed by atoms with Crippen molar-refractivity contribution < 1.29 is 17.9 Å². The van der Waals surface area contributed by atoms with Crippen molar-refractivity contribution in [3.8, 4) is 0 Å². The number of esters is 1. The van der Waals surface area contributed by atoms with E-state index in [1.165, 1.54) is 7.11 Å². The van der Waals surface area contributed by atoms with Crippen LogP contribution in [0.25, 0.3) is 0 Å². The second-order valence-corrected chi connectivity index (χ2v) is 6.93. The lowest BCUT2D eigenvalue weighted by Crippen LogP contribution is -2.17. The van der Waals surface area contributed by atoms with Crippen LogP contribution < -0.4 is 0 Å². The lowest BCUT2D eigenvalue weighted by molar-refractivity contribution is -0.139. The van der Waals surface area contributed by atoms with Gasteiger partial charge in [0.2, 0.25) is 0 Å². The van der Waals surface area contributed by atoms with Crippen LogP contribution in [0.4, 0.5) is 0 Å². The molecular formula is C13H18O4S. The largest absolute Gasteiger partial charge is 0.469 e. The molecule has 0 N–H and O–H groups in total. The van der Waals surface area contributed by atoms with Gasteiger partial charge in [-0.2, -0.15) is 0 Å². The van der Waals surface area contributed by atoms with Crippen molar-refractivity contribution in [2.45, 2.75) is 31.3 Å². The van der Waals surface area contributed by atoms with Gasteiger partial charge >= 0.3 is 5.97 Å². The number of benzene rings is 1. The highest BCUT2D eigenvalue weighted by Crippen LogP contribution is 2.16. The minimum absolute atomic E-state index is 0.0438. The van der Waals surface area contributed by atoms with Crippen LogP contribution >= 0.6 is 0 Å². The highest BCUT2D eigenvalue weighted by atomic mass is 32.2. The van der Waals surface area contributed by atoms with Gasteiger partial charge in [-0.25, -0.2) is 8.42 Å². The average Bonchev–Trinajstić information content (AvgIpc) is 2.31. The number of hydrogen-bond acceptors (Lipinski definition) is 4. The third-order valence-corrected chi connectivity index (χ3v) is 4.91. The van der Waals surface area contributed by atoms with Gasteiger partial charge in [-0.15, -0.1) is 0 Å². The molecule has 0 spiro atoms. The van der Waals surface area contributed by atoms with Gasteiger partial charge in [-0.05, 0) is 25.0 Å². The quantitative estimate of drug-likeness (QED) is 0.764. The molecule has 1 rings (SSSR count). The molecule has 1 aromatic carbocycles. The van der Waals surface area contributed by atoms with Crippen LogP contribution in [-0.4, -0.2) is 26.7 Å². The van der Waals surface area contributed by atoms with Crippen molar-refractivity contribution in [1.82, 2.24) is 0 Å². The predicted octanol–water partition coefficient (Wildman–Crippen LogP) is 1.73. The zero-order chi connectivity index (χ0) is 13.8. The fourth-order valence-corrected chi connectivity index (χ4v) is 2.53. The van der Waals surface area contributed by atoms with Crippen LogP contribution in [0.15, 0.2) is 24.3 Å². The first-order chi connectivity index (χ1) is 8.36. The number of carbonyl (C=O) groups is 1. The van der Waals surface area contributed by atoms with Gasteiger partial charge in [-0.3, -0.25) is 4.79 Å². The Morgan fingerprint density at radius 2 is 1.78 bits per heavy atom. The van der Waals surface area contributed by atoms with E-state index in [0.29, 0.717) is 11.1 Å². The molecule has 0 unspecified atom stereocenters. The number of ether oxygens (including phenoxy) is 1. The molecule has 0 aromatic heterocycles. The van der Waals surface area contributed by atoms with E-state index < -0.39 is 15.1 Å². The number of carbonyl (C=O) groups excluding carboxylic acids is 1. The zero-order valence-corrected chi connectivity index (χ0v) is 11.7. The normalized spacial score (nSPS) is 11.6. The maximum absolute atomic E-state index is 11.9. The summed E-state index contributed by atoms with van der Waals surface area (Å²) in [6.45, 7) is 3.30. The van der Waals surface area contributed by atoms with Crippen molar-refractivity contribution in [2.75, 3.05) is 7.11 Å². The van der Waals surface area contributed by atoms with Gasteiger partial charge in [-0.1, -0.05) is 24.3 Å². The van der Waals surface area contributed by atoms with Gasteiger partial charge < -0.3 is 4.74 Å². The van der Waals surface area contributed by atoms with E-state index in [4.69, 9.17) is 0 Å². The number of methoxy groups -OCH3 is 1. The van der Waals surface area contributed by atoms with Crippen LogP contribution in [0.5, 0.6) is 0 Å². The molecule has 0 radical (unpaired) electrons. The molecule has 0 saturated carbocycles. The summed E-state index contributed by atoms with van der Waals surface area (Å²) >= 11 is 0. The molecule has 5 heteroatoms. The topological polar surface area (TPSA) is 60.4 Å². The molecule has 0 fully saturated rings. The second-order valence-electron chi connectivity index (χ2n) is 4.38. The summed E-state index contributed by atoms with van der Waals surface area (Å²) < 4.78 is 28.4. The molecule has 0 atom stereocenters. The monoisotopic (exact) mass is 270 g/mol. The van der Waals surface area contributed by atoms with E-state index >= 15 is 0 Å². The van der Waals surface area contributed by atoms with Crippen molar-refractivity contribution >= 4 is 15.8 Å². The van der Waals surface area contributed by atoms with Crippen LogP contribution in [-0.2, 0) is 31.5 Å². The molecule has 0 amide bonds. The standard InChI is InChI=1S/C13H18O4S/c1-10(2)18(15,16)9-12-7-5-4-6-11(12)8-13(14)17-3/h4-7,10H,8-9H2,1-3H3. The van der Waals surface area contributed by atoms with Gasteiger partial charge in [0, 0.05) is 0 Å². The summed E-state index contributed by atoms with van der Waals surface area (Å²) in [6.07, 6.45) is 0.0975. The maximum Gasteiger partial charge on any atom is 0.309 e. The van der Waals surface area contributed by atoms with Crippen molar-refractivity contribution in [3.63, 3.8) is 0 Å². The zero-order valence-electron chi connectivity index (χ0n) is 10.8. The third kappa shape index (κ3) is 3.84. The lowest BCUT2D eigenvalue weighted by atomic mass is 10.1. The Hall–Kier alpha value is -1.36. The molecule has 0 bridgehead atoms. The summed E-state index contributed by atoms with van der Waals surface area (Å²) in [6, 6.07) is 7.04. The van der Waals surface area contributed by atoms with Crippen molar-refractivity contribution in [3.05, 3.63) is 35.4 Å². The first-order valence-corrected chi connectivity index (χ1v) is 7.43. The summed E-state index contributed by atoms with van der Waals surface area (Å²) in [4.78, 5) is 11.3. The van der Waals surface area contributed by atoms with Crippen molar-refractivity contribution in [1.29, 1.82) is 0 Å². The van der Waals surface area contributed by atoms with Crippen LogP contribution in [0, 0.1) is 0 Å². The SMILES string of the molecule is COC(=O)Cc1ccccc1CS(=O)(=O)C(C)C. The fourth-order valence-electron chi connectivity index (χ4n) is 1.48. The molecule has 1 aromatic rings. The van der Waals surface area contributed by atoms with E-state index in [9.17, 15) is 13.2 Å². The number of rotatable bonds is 5. The Kier molecular flexibility index (Phi) is 4.90. The Morgan fingerprint density at radius 1 is 1.22 bits per heavy atom. The molecule has 0 aliphatic heterocycles. The van der Waals surface area contributed by atoms with Gasteiger partial charge in [0.25, 0.3) is 0 Å². The first-order valence-electron chi connectivity index (χ1n) is 5.72. The Labute approximate surface area is 108 Å². The summed E-state index contributed by atoms with van der Waals surface area (Å²) in [5.74, 6) is -0.415. The lowest BCUT2D eigenvalue weighted by Gasteiger charge is -2.11. The maximum atomic E-state index is 11.9. The Balaban J connectivity index is 3.00. The summed E-state index contributed by atoms with van der Waals surface area (Å²) in [5, 5.41) is -0.427.